The lowest BCUT2D eigenvalue weighted by Crippen LogP contribution is -2.28. The third kappa shape index (κ3) is 3.91. The van der Waals surface area contributed by atoms with Gasteiger partial charge in [-0.05, 0) is 75.4 Å². The molecule has 0 bridgehead atoms. The third-order valence-electron chi connectivity index (χ3n) is 4.32. The van der Waals surface area contributed by atoms with E-state index in [0.29, 0.717) is 6.04 Å². The first kappa shape index (κ1) is 16.2. The van der Waals surface area contributed by atoms with Crippen molar-refractivity contribution in [3.05, 3.63) is 21.1 Å². The molecule has 2 rings (SSSR count). The molecule has 0 atom stereocenters. The normalized spacial score (nSPS) is 22.9. The second-order valence-corrected chi connectivity index (χ2v) is 7.68. The van der Waals surface area contributed by atoms with Crippen LogP contribution in [0.4, 0.5) is 5.69 Å². The number of nitrogens with one attached hydrogen (secondary N) is 1. The lowest BCUT2D eigenvalue weighted by atomic mass is 9.79. The quantitative estimate of drug-likeness (QED) is 0.679. The van der Waals surface area contributed by atoms with E-state index in [0.717, 1.165) is 32.2 Å². The van der Waals surface area contributed by atoms with Crippen molar-refractivity contribution in [2.45, 2.75) is 45.6 Å². The van der Waals surface area contributed by atoms with Crippen LogP contribution in [0.3, 0.4) is 0 Å². The lowest BCUT2D eigenvalue weighted by molar-refractivity contribution is 0.267. The minimum atomic E-state index is 0.576. The van der Waals surface area contributed by atoms with Gasteiger partial charge in [0.05, 0.1) is 17.3 Å². The van der Waals surface area contributed by atoms with Crippen molar-refractivity contribution in [2.75, 3.05) is 12.4 Å². The lowest BCUT2D eigenvalue weighted by Gasteiger charge is -2.32. The van der Waals surface area contributed by atoms with E-state index in [1.165, 1.54) is 25.7 Å². The maximum Gasteiger partial charge on any atom is 0.135 e. The standard InChI is InChI=1S/C16H23Br2NO/c1-10(2)11-4-6-12(7-5-11)19-15-9-16(20-3)14(18)8-13(15)17/h8-12,19H,4-7H2,1-3H3. The van der Waals surface area contributed by atoms with Crippen LogP contribution in [0.15, 0.2) is 21.1 Å². The van der Waals surface area contributed by atoms with Gasteiger partial charge in [0.2, 0.25) is 0 Å². The zero-order chi connectivity index (χ0) is 14.7. The number of halogens is 2. The number of anilines is 1. The fraction of sp³-hybridized carbons (Fsp3) is 0.625. The predicted octanol–water partition coefficient (Wildman–Crippen LogP) is 5.85. The molecule has 112 valence electrons. The molecule has 1 aliphatic carbocycles. The Morgan fingerprint density at radius 1 is 1.10 bits per heavy atom. The summed E-state index contributed by atoms with van der Waals surface area (Å²) in [5.41, 5.74) is 1.12. The minimum Gasteiger partial charge on any atom is -0.495 e. The van der Waals surface area contributed by atoms with Crippen LogP contribution in [-0.4, -0.2) is 13.2 Å². The molecule has 20 heavy (non-hydrogen) atoms. The summed E-state index contributed by atoms with van der Waals surface area (Å²) in [7, 11) is 1.70. The van der Waals surface area contributed by atoms with Crippen LogP contribution < -0.4 is 10.1 Å². The van der Waals surface area contributed by atoms with Gasteiger partial charge in [-0.1, -0.05) is 13.8 Å². The van der Waals surface area contributed by atoms with E-state index in [9.17, 15) is 0 Å². The molecule has 0 spiro atoms. The Morgan fingerprint density at radius 2 is 1.75 bits per heavy atom. The highest BCUT2D eigenvalue weighted by molar-refractivity contribution is 9.11. The molecule has 1 fully saturated rings. The summed E-state index contributed by atoms with van der Waals surface area (Å²) in [6, 6.07) is 4.68. The van der Waals surface area contributed by atoms with Crippen molar-refractivity contribution in [2.24, 2.45) is 11.8 Å². The van der Waals surface area contributed by atoms with E-state index >= 15 is 0 Å². The monoisotopic (exact) mass is 403 g/mol. The van der Waals surface area contributed by atoms with Gasteiger partial charge in [-0.15, -0.1) is 0 Å². The topological polar surface area (TPSA) is 21.3 Å². The van der Waals surface area contributed by atoms with Crippen LogP contribution in [0, 0.1) is 11.8 Å². The molecule has 0 aliphatic heterocycles. The zero-order valence-corrected chi connectivity index (χ0v) is 15.6. The van der Waals surface area contributed by atoms with Gasteiger partial charge in [0.25, 0.3) is 0 Å². The van der Waals surface area contributed by atoms with E-state index in [1.54, 1.807) is 7.11 Å². The Hall–Kier alpha value is -0.220. The Bertz CT molecular complexity index is 454. The van der Waals surface area contributed by atoms with Crippen molar-refractivity contribution < 1.29 is 4.74 Å². The molecule has 1 aromatic carbocycles. The Kier molecular flexibility index (Phi) is 5.79. The van der Waals surface area contributed by atoms with Gasteiger partial charge in [0.15, 0.2) is 0 Å². The Balaban J connectivity index is 2.01. The van der Waals surface area contributed by atoms with E-state index in [4.69, 9.17) is 4.74 Å². The molecule has 1 saturated carbocycles. The average Bonchev–Trinajstić information content (AvgIpc) is 2.42. The minimum absolute atomic E-state index is 0.576. The van der Waals surface area contributed by atoms with Crippen LogP contribution in [0.25, 0.3) is 0 Å². The number of hydrogen-bond donors (Lipinski definition) is 1. The van der Waals surface area contributed by atoms with Gasteiger partial charge in [-0.25, -0.2) is 0 Å². The fourth-order valence-corrected chi connectivity index (χ4v) is 4.22. The first-order valence-electron chi connectivity index (χ1n) is 7.30. The molecule has 1 aliphatic rings. The molecule has 0 aromatic heterocycles. The maximum absolute atomic E-state index is 5.37. The van der Waals surface area contributed by atoms with E-state index in [1.807, 2.05) is 6.07 Å². The highest BCUT2D eigenvalue weighted by Crippen LogP contribution is 2.37. The zero-order valence-electron chi connectivity index (χ0n) is 12.4. The Labute approximate surface area is 138 Å². The molecule has 2 nitrogen and oxygen atoms in total. The van der Waals surface area contributed by atoms with E-state index in [2.05, 4.69) is 57.1 Å². The van der Waals surface area contributed by atoms with Gasteiger partial charge in [0.1, 0.15) is 5.75 Å². The largest absolute Gasteiger partial charge is 0.495 e. The van der Waals surface area contributed by atoms with Gasteiger partial charge in [-0.3, -0.25) is 0 Å². The molecule has 4 heteroatoms. The number of rotatable bonds is 4. The predicted molar refractivity (Wildman–Crippen MR) is 92.6 cm³/mol. The average molecular weight is 405 g/mol. The molecular weight excluding hydrogens is 382 g/mol. The van der Waals surface area contributed by atoms with Crippen molar-refractivity contribution in [1.29, 1.82) is 0 Å². The summed E-state index contributed by atoms with van der Waals surface area (Å²) < 4.78 is 7.42. The third-order valence-corrected chi connectivity index (χ3v) is 5.59. The summed E-state index contributed by atoms with van der Waals surface area (Å²) in [6.45, 7) is 4.68. The molecule has 0 saturated heterocycles. The Morgan fingerprint density at radius 3 is 2.30 bits per heavy atom. The van der Waals surface area contributed by atoms with Gasteiger partial charge < -0.3 is 10.1 Å². The van der Waals surface area contributed by atoms with Crippen molar-refractivity contribution in [1.82, 2.24) is 0 Å². The van der Waals surface area contributed by atoms with Crippen LogP contribution in [0.5, 0.6) is 5.75 Å². The molecule has 0 radical (unpaired) electrons. The number of benzene rings is 1. The summed E-state index contributed by atoms with van der Waals surface area (Å²) >= 11 is 7.13. The van der Waals surface area contributed by atoms with Crippen LogP contribution in [0.2, 0.25) is 0 Å². The second kappa shape index (κ2) is 7.17. The summed E-state index contributed by atoms with van der Waals surface area (Å²) in [5.74, 6) is 2.58. The molecule has 1 aromatic rings. The molecule has 0 amide bonds. The highest BCUT2D eigenvalue weighted by Gasteiger charge is 2.23. The first-order valence-corrected chi connectivity index (χ1v) is 8.89. The van der Waals surface area contributed by atoms with Crippen molar-refractivity contribution >= 4 is 37.5 Å². The smallest absolute Gasteiger partial charge is 0.135 e. The highest BCUT2D eigenvalue weighted by atomic mass is 79.9. The van der Waals surface area contributed by atoms with Crippen molar-refractivity contribution in [3.63, 3.8) is 0 Å². The van der Waals surface area contributed by atoms with Gasteiger partial charge in [-0.2, -0.15) is 0 Å². The molecular formula is C16H23Br2NO. The van der Waals surface area contributed by atoms with Crippen LogP contribution in [-0.2, 0) is 0 Å². The van der Waals surface area contributed by atoms with Crippen molar-refractivity contribution in [3.8, 4) is 5.75 Å². The second-order valence-electron chi connectivity index (χ2n) is 5.97. The first-order chi connectivity index (χ1) is 9.51. The molecule has 0 unspecified atom stereocenters. The maximum atomic E-state index is 5.37. The van der Waals surface area contributed by atoms with E-state index in [-0.39, 0.29) is 0 Å². The number of hydrogen-bond acceptors (Lipinski definition) is 2. The van der Waals surface area contributed by atoms with Crippen LogP contribution >= 0.6 is 31.9 Å². The van der Waals surface area contributed by atoms with Gasteiger partial charge >= 0.3 is 0 Å². The van der Waals surface area contributed by atoms with E-state index < -0.39 is 0 Å². The molecule has 0 heterocycles. The number of ether oxygens (including phenoxy) is 1. The van der Waals surface area contributed by atoms with Gasteiger partial charge in [0, 0.05) is 16.6 Å². The summed E-state index contributed by atoms with van der Waals surface area (Å²) in [6.07, 6.45) is 5.18. The SMILES string of the molecule is COc1cc(NC2CCC(C(C)C)CC2)c(Br)cc1Br. The fourth-order valence-electron chi connectivity index (χ4n) is 2.95. The molecule has 1 N–H and O–H groups in total. The van der Waals surface area contributed by atoms with Crippen LogP contribution in [0.1, 0.15) is 39.5 Å². The number of methoxy groups -OCH3 is 1. The summed E-state index contributed by atoms with van der Waals surface area (Å²) in [4.78, 5) is 0. The summed E-state index contributed by atoms with van der Waals surface area (Å²) in [5, 5.41) is 3.66.